The van der Waals surface area contributed by atoms with Gasteiger partial charge in [0.15, 0.2) is 6.10 Å². The molecule has 3 atom stereocenters. The molecule has 2 heterocycles. The topological polar surface area (TPSA) is 49.9 Å². The summed E-state index contributed by atoms with van der Waals surface area (Å²) in [7, 11) is 0. The molecule has 28 heavy (non-hydrogen) atoms. The number of imide groups is 1. The normalized spacial score (nSPS) is 23.9. The molecule has 138 valence electrons. The molecule has 0 saturated carbocycles. The predicted molar refractivity (Wildman–Crippen MR) is 105 cm³/mol. The molecule has 2 aliphatic rings. The van der Waals surface area contributed by atoms with E-state index in [9.17, 15) is 9.59 Å². The number of hydrogen-bond donors (Lipinski definition) is 0. The van der Waals surface area contributed by atoms with Crippen LogP contribution in [0.1, 0.15) is 11.6 Å². The minimum atomic E-state index is -0.835. The summed E-state index contributed by atoms with van der Waals surface area (Å²) in [6, 6.07) is 28.0. The second kappa shape index (κ2) is 6.62. The Labute approximate surface area is 162 Å². The van der Waals surface area contributed by atoms with E-state index in [1.165, 1.54) is 4.90 Å². The van der Waals surface area contributed by atoms with E-state index in [2.05, 4.69) is 0 Å². The van der Waals surface area contributed by atoms with Crippen molar-refractivity contribution < 1.29 is 14.4 Å². The SMILES string of the molecule is O=C1[C@@H]2[C@H](ON(c3ccccc3)[C@H]2c2ccccc2)C(=O)N1c1ccccc1. The first kappa shape index (κ1) is 16.7. The Kier molecular flexibility index (Phi) is 3.95. The first-order chi connectivity index (χ1) is 13.8. The molecule has 0 radical (unpaired) electrons. The zero-order chi connectivity index (χ0) is 19.1. The second-order valence-corrected chi connectivity index (χ2v) is 6.92. The van der Waals surface area contributed by atoms with Crippen LogP contribution in [0.5, 0.6) is 0 Å². The fourth-order valence-corrected chi connectivity index (χ4v) is 4.03. The molecule has 2 aliphatic heterocycles. The molecule has 5 rings (SSSR count). The van der Waals surface area contributed by atoms with Crippen LogP contribution < -0.4 is 9.96 Å². The summed E-state index contributed by atoms with van der Waals surface area (Å²) >= 11 is 0. The number of benzene rings is 3. The van der Waals surface area contributed by atoms with Gasteiger partial charge in [-0.2, -0.15) is 0 Å². The van der Waals surface area contributed by atoms with E-state index in [0.29, 0.717) is 5.69 Å². The fraction of sp³-hybridized carbons (Fsp3) is 0.130. The van der Waals surface area contributed by atoms with Crippen LogP contribution in [0.4, 0.5) is 11.4 Å². The van der Waals surface area contributed by atoms with Gasteiger partial charge in [0.1, 0.15) is 5.92 Å². The third-order valence-electron chi connectivity index (χ3n) is 5.28. The molecule has 3 aromatic carbocycles. The average Bonchev–Trinajstić information content (AvgIpc) is 3.26. The number of para-hydroxylation sites is 2. The van der Waals surface area contributed by atoms with Gasteiger partial charge in [-0.05, 0) is 29.8 Å². The number of amides is 2. The van der Waals surface area contributed by atoms with Crippen molar-refractivity contribution in [3.8, 4) is 0 Å². The third kappa shape index (κ3) is 2.52. The molecule has 0 aromatic heterocycles. The number of nitrogens with zero attached hydrogens (tertiary/aromatic N) is 2. The highest BCUT2D eigenvalue weighted by molar-refractivity contribution is 6.23. The maximum absolute atomic E-state index is 13.4. The van der Waals surface area contributed by atoms with Crippen LogP contribution in [0.2, 0.25) is 0 Å². The molecule has 3 aromatic rings. The fourth-order valence-electron chi connectivity index (χ4n) is 4.03. The molecule has 0 unspecified atom stereocenters. The van der Waals surface area contributed by atoms with Gasteiger partial charge in [-0.15, -0.1) is 0 Å². The van der Waals surface area contributed by atoms with Gasteiger partial charge in [0, 0.05) is 0 Å². The van der Waals surface area contributed by atoms with E-state index in [-0.39, 0.29) is 17.9 Å². The van der Waals surface area contributed by atoms with Crippen molar-refractivity contribution >= 4 is 23.2 Å². The number of hydrogen-bond acceptors (Lipinski definition) is 4. The zero-order valence-electron chi connectivity index (χ0n) is 15.0. The standard InChI is InChI=1S/C23H18N2O3/c26-22-19-20(16-10-4-1-5-11-16)25(18-14-8-3-9-15-18)28-21(19)23(27)24(22)17-12-6-2-7-13-17/h1-15,19-21H/t19-,20-,21-/m0/s1. The van der Waals surface area contributed by atoms with Crippen LogP contribution >= 0.6 is 0 Å². The van der Waals surface area contributed by atoms with Crippen LogP contribution in [0.3, 0.4) is 0 Å². The van der Waals surface area contributed by atoms with Crippen LogP contribution in [-0.2, 0) is 14.4 Å². The molecular weight excluding hydrogens is 352 g/mol. The molecule has 5 heteroatoms. The van der Waals surface area contributed by atoms with Crippen LogP contribution in [0, 0.1) is 5.92 Å². The van der Waals surface area contributed by atoms with Gasteiger partial charge in [0.05, 0.1) is 17.4 Å². The Morgan fingerprint density at radius 1 is 0.643 bits per heavy atom. The minimum Gasteiger partial charge on any atom is -0.273 e. The Morgan fingerprint density at radius 3 is 1.79 bits per heavy atom. The second-order valence-electron chi connectivity index (χ2n) is 6.92. The van der Waals surface area contributed by atoms with Crippen LogP contribution in [-0.4, -0.2) is 17.9 Å². The van der Waals surface area contributed by atoms with Gasteiger partial charge >= 0.3 is 0 Å². The summed E-state index contributed by atoms with van der Waals surface area (Å²) in [5.74, 6) is -1.15. The van der Waals surface area contributed by atoms with E-state index < -0.39 is 12.0 Å². The Morgan fingerprint density at radius 2 is 1.18 bits per heavy atom. The van der Waals surface area contributed by atoms with Crippen molar-refractivity contribution in [1.29, 1.82) is 0 Å². The van der Waals surface area contributed by atoms with Gasteiger partial charge in [-0.3, -0.25) is 14.4 Å². The molecule has 2 amide bonds. The average molecular weight is 370 g/mol. The highest BCUT2D eigenvalue weighted by Gasteiger charge is 2.60. The highest BCUT2D eigenvalue weighted by Crippen LogP contribution is 2.47. The number of hydroxylamine groups is 1. The van der Waals surface area contributed by atoms with Gasteiger partial charge in [-0.1, -0.05) is 66.7 Å². The molecule has 2 fully saturated rings. The summed E-state index contributed by atoms with van der Waals surface area (Å²) < 4.78 is 0. The first-order valence-corrected chi connectivity index (χ1v) is 9.24. The van der Waals surface area contributed by atoms with Crippen molar-refractivity contribution in [3.05, 3.63) is 96.6 Å². The van der Waals surface area contributed by atoms with Crippen molar-refractivity contribution in [2.45, 2.75) is 12.1 Å². The van der Waals surface area contributed by atoms with Gasteiger partial charge < -0.3 is 0 Å². The number of carbonyl (C=O) groups excluding carboxylic acids is 2. The van der Waals surface area contributed by atoms with Crippen LogP contribution in [0.15, 0.2) is 91.0 Å². The number of carbonyl (C=O) groups is 2. The van der Waals surface area contributed by atoms with E-state index in [0.717, 1.165) is 11.3 Å². The minimum absolute atomic E-state index is 0.228. The van der Waals surface area contributed by atoms with Gasteiger partial charge in [0.2, 0.25) is 5.91 Å². The monoisotopic (exact) mass is 370 g/mol. The van der Waals surface area contributed by atoms with Gasteiger partial charge in [-0.25, -0.2) is 9.96 Å². The van der Waals surface area contributed by atoms with E-state index in [1.54, 1.807) is 17.2 Å². The molecule has 5 nitrogen and oxygen atoms in total. The van der Waals surface area contributed by atoms with Crippen molar-refractivity contribution in [2.75, 3.05) is 9.96 Å². The van der Waals surface area contributed by atoms with E-state index >= 15 is 0 Å². The third-order valence-corrected chi connectivity index (χ3v) is 5.28. The molecule has 0 spiro atoms. The maximum atomic E-state index is 13.4. The lowest BCUT2D eigenvalue weighted by Gasteiger charge is -2.28. The van der Waals surface area contributed by atoms with Crippen LogP contribution in [0.25, 0.3) is 0 Å². The predicted octanol–water partition coefficient (Wildman–Crippen LogP) is 3.74. The molecule has 0 N–H and O–H groups in total. The lowest BCUT2D eigenvalue weighted by atomic mass is 9.90. The zero-order valence-corrected chi connectivity index (χ0v) is 15.0. The van der Waals surface area contributed by atoms with E-state index in [4.69, 9.17) is 4.84 Å². The Bertz CT molecular complexity index is 1010. The Balaban J connectivity index is 1.59. The van der Waals surface area contributed by atoms with E-state index in [1.807, 2.05) is 78.9 Å². The maximum Gasteiger partial charge on any atom is 0.266 e. The van der Waals surface area contributed by atoms with Crippen molar-refractivity contribution in [1.82, 2.24) is 0 Å². The lowest BCUT2D eigenvalue weighted by Crippen LogP contribution is -2.37. The van der Waals surface area contributed by atoms with Gasteiger partial charge in [0.25, 0.3) is 5.91 Å². The Hall–Kier alpha value is -3.44. The number of rotatable bonds is 3. The van der Waals surface area contributed by atoms with Crippen molar-refractivity contribution in [2.24, 2.45) is 5.92 Å². The molecule has 0 aliphatic carbocycles. The molecular formula is C23H18N2O3. The number of anilines is 2. The largest absolute Gasteiger partial charge is 0.273 e. The quantitative estimate of drug-likeness (QED) is 0.659. The number of fused-ring (bicyclic) bond motifs is 1. The smallest absolute Gasteiger partial charge is 0.266 e. The summed E-state index contributed by atoms with van der Waals surface area (Å²) in [6.07, 6.45) is -0.835. The molecule has 2 saturated heterocycles. The van der Waals surface area contributed by atoms with Crippen molar-refractivity contribution in [3.63, 3.8) is 0 Å². The highest BCUT2D eigenvalue weighted by atomic mass is 16.7. The summed E-state index contributed by atoms with van der Waals surface area (Å²) in [5, 5.41) is 1.71. The first-order valence-electron chi connectivity index (χ1n) is 9.24. The lowest BCUT2D eigenvalue weighted by molar-refractivity contribution is -0.126. The summed E-state index contributed by atoms with van der Waals surface area (Å²) in [4.78, 5) is 33.8. The summed E-state index contributed by atoms with van der Waals surface area (Å²) in [6.45, 7) is 0. The summed E-state index contributed by atoms with van der Waals surface area (Å²) in [5.41, 5.74) is 2.33. The molecule has 0 bridgehead atoms.